The minimum atomic E-state index is -1.19. The summed E-state index contributed by atoms with van der Waals surface area (Å²) in [6.45, 7) is 5.64. The number of imide groups is 1. The number of nitrogens with zero attached hydrogens (tertiary/aromatic N) is 5. The molecule has 3 rings (SSSR count). The third kappa shape index (κ3) is 3.57. The van der Waals surface area contributed by atoms with Gasteiger partial charge in [-0.1, -0.05) is 49.0 Å². The first-order chi connectivity index (χ1) is 13.4. The Morgan fingerprint density at radius 2 is 2.00 bits per heavy atom. The van der Waals surface area contributed by atoms with Crippen LogP contribution in [0.1, 0.15) is 38.8 Å². The maximum Gasteiger partial charge on any atom is 0.344 e. The number of carbonyl (C=O) groups is 3. The number of amides is 4. The molecule has 0 spiro atoms. The first-order valence-electron chi connectivity index (χ1n) is 8.81. The Balaban J connectivity index is 1.69. The van der Waals surface area contributed by atoms with Gasteiger partial charge in [0.15, 0.2) is 0 Å². The molecule has 4 amide bonds. The Bertz CT molecular complexity index is 886. The smallest absolute Gasteiger partial charge is 0.318 e. The number of nitrogens with one attached hydrogen (secondary N) is 2. The van der Waals surface area contributed by atoms with Gasteiger partial charge in [0.05, 0.1) is 11.8 Å². The van der Waals surface area contributed by atoms with Crippen LogP contribution >= 0.6 is 11.8 Å². The van der Waals surface area contributed by atoms with E-state index in [-0.39, 0.29) is 11.8 Å². The van der Waals surface area contributed by atoms with Crippen LogP contribution in [-0.4, -0.2) is 48.8 Å². The van der Waals surface area contributed by atoms with Gasteiger partial charge in [-0.25, -0.2) is 9.48 Å². The van der Waals surface area contributed by atoms with Gasteiger partial charge in [0, 0.05) is 0 Å². The SMILES string of the molecule is CCC1(c2ccccc2)NC(=O)N(NC(=O)CSc2nnnn2C(C)C)C1=O. The second-order valence-corrected chi connectivity index (χ2v) is 7.46. The number of hydrogen-bond donors (Lipinski definition) is 2. The van der Waals surface area contributed by atoms with Gasteiger partial charge in [-0.3, -0.25) is 15.0 Å². The van der Waals surface area contributed by atoms with Crippen LogP contribution in [0.3, 0.4) is 0 Å². The van der Waals surface area contributed by atoms with Crippen molar-refractivity contribution in [3.05, 3.63) is 35.9 Å². The molecular formula is C17H21N7O3S. The number of urea groups is 1. The average molecular weight is 403 g/mol. The predicted octanol–water partition coefficient (Wildman–Crippen LogP) is 1.23. The first-order valence-corrected chi connectivity index (χ1v) is 9.80. The molecule has 0 saturated carbocycles. The lowest BCUT2D eigenvalue weighted by atomic mass is 9.87. The summed E-state index contributed by atoms with van der Waals surface area (Å²) in [5, 5.41) is 15.3. The van der Waals surface area contributed by atoms with Gasteiger partial charge >= 0.3 is 6.03 Å². The molecule has 11 heteroatoms. The van der Waals surface area contributed by atoms with Crippen LogP contribution in [0.5, 0.6) is 0 Å². The van der Waals surface area contributed by atoms with Crippen LogP contribution in [0, 0.1) is 0 Å². The number of hydrazine groups is 1. The standard InChI is InChI=1S/C17H21N7O3S/c1-4-17(12-8-6-5-7-9-12)14(26)24(15(27)18-17)20-13(25)10-28-16-19-21-22-23(16)11(2)3/h5-9,11H,4,10H2,1-3H3,(H,18,27)(H,20,25). The Kier molecular flexibility index (Phi) is 5.63. The summed E-state index contributed by atoms with van der Waals surface area (Å²) in [6, 6.07) is 8.34. The van der Waals surface area contributed by atoms with E-state index in [9.17, 15) is 14.4 Å². The molecule has 1 unspecified atom stereocenters. The second kappa shape index (κ2) is 7.97. The first kappa shape index (κ1) is 19.8. The van der Waals surface area contributed by atoms with E-state index in [0.717, 1.165) is 16.8 Å². The van der Waals surface area contributed by atoms with E-state index >= 15 is 0 Å². The van der Waals surface area contributed by atoms with E-state index in [1.165, 1.54) is 0 Å². The summed E-state index contributed by atoms with van der Waals surface area (Å²) in [5.41, 5.74) is 1.85. The molecule has 0 radical (unpaired) electrons. The largest absolute Gasteiger partial charge is 0.344 e. The molecule has 0 bridgehead atoms. The number of rotatable bonds is 7. The third-order valence-corrected chi connectivity index (χ3v) is 5.34. The summed E-state index contributed by atoms with van der Waals surface area (Å²) in [5.74, 6) is -1.07. The van der Waals surface area contributed by atoms with Gasteiger partial charge in [-0.15, -0.1) is 5.10 Å². The molecule has 1 aliphatic rings. The fraction of sp³-hybridized carbons (Fsp3) is 0.412. The molecule has 1 aliphatic heterocycles. The number of benzene rings is 1. The maximum atomic E-state index is 13.0. The zero-order chi connectivity index (χ0) is 20.3. The Morgan fingerprint density at radius 3 is 2.64 bits per heavy atom. The van der Waals surface area contributed by atoms with Crippen molar-refractivity contribution in [1.82, 2.24) is 36.0 Å². The number of aromatic nitrogens is 4. The molecule has 2 aromatic rings. The predicted molar refractivity (Wildman–Crippen MR) is 101 cm³/mol. The highest BCUT2D eigenvalue weighted by Crippen LogP contribution is 2.31. The lowest BCUT2D eigenvalue weighted by Crippen LogP contribution is -2.49. The molecule has 2 heterocycles. The molecule has 0 aliphatic carbocycles. The van der Waals surface area contributed by atoms with E-state index in [1.54, 1.807) is 35.9 Å². The molecular weight excluding hydrogens is 382 g/mol. The van der Waals surface area contributed by atoms with Gasteiger partial charge in [0.25, 0.3) is 5.91 Å². The number of thioether (sulfide) groups is 1. The third-order valence-electron chi connectivity index (χ3n) is 4.41. The van der Waals surface area contributed by atoms with Crippen LogP contribution in [0.4, 0.5) is 4.79 Å². The Hall–Kier alpha value is -2.95. The van der Waals surface area contributed by atoms with Crippen molar-refractivity contribution in [2.45, 2.75) is 43.9 Å². The van der Waals surface area contributed by atoms with Gasteiger partial charge in [0.1, 0.15) is 5.54 Å². The van der Waals surface area contributed by atoms with E-state index in [1.807, 2.05) is 19.9 Å². The molecule has 28 heavy (non-hydrogen) atoms. The highest BCUT2D eigenvalue weighted by atomic mass is 32.2. The molecule has 1 fully saturated rings. The normalized spacial score (nSPS) is 19.2. The molecule has 1 aromatic heterocycles. The van der Waals surface area contributed by atoms with Crippen molar-refractivity contribution in [3.8, 4) is 0 Å². The zero-order valence-electron chi connectivity index (χ0n) is 15.7. The lowest BCUT2D eigenvalue weighted by Gasteiger charge is -2.25. The summed E-state index contributed by atoms with van der Waals surface area (Å²) < 4.78 is 1.59. The number of hydrogen-bond acceptors (Lipinski definition) is 7. The summed E-state index contributed by atoms with van der Waals surface area (Å²) in [6.07, 6.45) is 0.353. The molecule has 2 N–H and O–H groups in total. The van der Waals surface area contributed by atoms with Crippen LogP contribution in [-0.2, 0) is 15.1 Å². The highest BCUT2D eigenvalue weighted by molar-refractivity contribution is 7.99. The second-order valence-electron chi connectivity index (χ2n) is 6.52. The van der Waals surface area contributed by atoms with Crippen molar-refractivity contribution in [3.63, 3.8) is 0 Å². The van der Waals surface area contributed by atoms with E-state index in [4.69, 9.17) is 0 Å². The monoisotopic (exact) mass is 403 g/mol. The molecule has 1 aromatic carbocycles. The minimum absolute atomic E-state index is 0.0440. The fourth-order valence-corrected chi connectivity index (χ4v) is 3.73. The van der Waals surface area contributed by atoms with Gasteiger partial charge < -0.3 is 5.32 Å². The van der Waals surface area contributed by atoms with E-state index < -0.39 is 23.4 Å². The van der Waals surface area contributed by atoms with Crippen molar-refractivity contribution in [2.24, 2.45) is 0 Å². The molecule has 1 saturated heterocycles. The van der Waals surface area contributed by atoms with Crippen molar-refractivity contribution < 1.29 is 14.4 Å². The topological polar surface area (TPSA) is 122 Å². The van der Waals surface area contributed by atoms with E-state index in [0.29, 0.717) is 17.1 Å². The van der Waals surface area contributed by atoms with Gasteiger partial charge in [-0.05, 0) is 36.3 Å². The lowest BCUT2D eigenvalue weighted by molar-refractivity contribution is -0.138. The zero-order valence-corrected chi connectivity index (χ0v) is 16.6. The van der Waals surface area contributed by atoms with Crippen molar-refractivity contribution >= 4 is 29.6 Å². The van der Waals surface area contributed by atoms with Gasteiger partial charge in [0.2, 0.25) is 11.1 Å². The Morgan fingerprint density at radius 1 is 1.29 bits per heavy atom. The molecule has 148 valence electrons. The van der Waals surface area contributed by atoms with Crippen LogP contribution in [0.2, 0.25) is 0 Å². The maximum absolute atomic E-state index is 13.0. The fourth-order valence-electron chi connectivity index (χ4n) is 2.93. The van der Waals surface area contributed by atoms with Gasteiger partial charge in [-0.2, -0.15) is 5.01 Å². The quantitative estimate of drug-likeness (QED) is 0.527. The summed E-state index contributed by atoms with van der Waals surface area (Å²) in [4.78, 5) is 37.7. The summed E-state index contributed by atoms with van der Waals surface area (Å²) in [7, 11) is 0. The van der Waals surface area contributed by atoms with E-state index in [2.05, 4.69) is 26.3 Å². The van der Waals surface area contributed by atoms with Crippen LogP contribution < -0.4 is 10.7 Å². The summed E-state index contributed by atoms with van der Waals surface area (Å²) >= 11 is 1.12. The highest BCUT2D eigenvalue weighted by Gasteiger charge is 2.52. The number of carbonyl (C=O) groups excluding carboxylic acids is 3. The molecule has 10 nitrogen and oxygen atoms in total. The minimum Gasteiger partial charge on any atom is -0.318 e. The average Bonchev–Trinajstić information content (AvgIpc) is 3.26. The van der Waals surface area contributed by atoms with Crippen LogP contribution in [0.15, 0.2) is 35.5 Å². The molecule has 1 atom stereocenters. The van der Waals surface area contributed by atoms with Crippen molar-refractivity contribution in [1.29, 1.82) is 0 Å². The van der Waals surface area contributed by atoms with Crippen LogP contribution in [0.25, 0.3) is 0 Å². The number of tetrazole rings is 1. The Labute approximate surface area is 166 Å². The van der Waals surface area contributed by atoms with Crippen molar-refractivity contribution in [2.75, 3.05) is 5.75 Å².